The van der Waals surface area contributed by atoms with Crippen molar-refractivity contribution in [3.8, 4) is 0 Å². The molecule has 1 fully saturated rings. The minimum Gasteiger partial charge on any atom is -0.378 e. The molecule has 0 saturated heterocycles. The molecule has 5 nitrogen and oxygen atoms in total. The van der Waals surface area contributed by atoms with E-state index in [0.29, 0.717) is 12.2 Å². The van der Waals surface area contributed by atoms with Crippen molar-refractivity contribution in [2.75, 3.05) is 5.32 Å². The maximum atomic E-state index is 12.3. The lowest BCUT2D eigenvalue weighted by Gasteiger charge is -2.12. The highest BCUT2D eigenvalue weighted by Gasteiger charge is 2.29. The number of sulfonamides is 1. The Morgan fingerprint density at radius 1 is 1.10 bits per heavy atom. The fraction of sp³-hybridized carbons (Fsp3) is 0.267. The molecule has 0 radical (unpaired) electrons. The SMILES string of the molecule is O=S(=O)(NC1CC1)c1ccccc1NCc1ccccn1. The first-order valence-corrected chi connectivity index (χ1v) is 8.38. The Kier molecular flexibility index (Phi) is 3.90. The van der Waals surface area contributed by atoms with Crippen molar-refractivity contribution in [3.05, 3.63) is 54.4 Å². The van der Waals surface area contributed by atoms with Gasteiger partial charge in [-0.3, -0.25) is 4.98 Å². The number of hydrogen-bond donors (Lipinski definition) is 2. The maximum Gasteiger partial charge on any atom is 0.242 e. The maximum absolute atomic E-state index is 12.3. The Labute approximate surface area is 124 Å². The number of para-hydroxylation sites is 1. The number of rotatable bonds is 6. The van der Waals surface area contributed by atoms with Gasteiger partial charge in [0.2, 0.25) is 10.0 Å². The fourth-order valence-electron chi connectivity index (χ4n) is 2.02. The van der Waals surface area contributed by atoms with Crippen molar-refractivity contribution in [2.24, 2.45) is 0 Å². The number of hydrogen-bond acceptors (Lipinski definition) is 4. The molecule has 0 amide bonds. The summed E-state index contributed by atoms with van der Waals surface area (Å²) in [4.78, 5) is 4.50. The molecule has 0 unspecified atom stereocenters. The van der Waals surface area contributed by atoms with Crippen molar-refractivity contribution >= 4 is 15.7 Å². The van der Waals surface area contributed by atoms with Crippen molar-refractivity contribution in [1.82, 2.24) is 9.71 Å². The zero-order chi connectivity index (χ0) is 14.7. The molecule has 2 N–H and O–H groups in total. The predicted octanol–water partition coefficient (Wildman–Crippen LogP) is 2.13. The van der Waals surface area contributed by atoms with Gasteiger partial charge in [-0.15, -0.1) is 0 Å². The summed E-state index contributed by atoms with van der Waals surface area (Å²) < 4.78 is 27.4. The molecular weight excluding hydrogens is 286 g/mol. The van der Waals surface area contributed by atoms with Crippen molar-refractivity contribution in [2.45, 2.75) is 30.3 Å². The number of anilines is 1. The van der Waals surface area contributed by atoms with E-state index < -0.39 is 10.0 Å². The van der Waals surface area contributed by atoms with Gasteiger partial charge >= 0.3 is 0 Å². The van der Waals surface area contributed by atoms with E-state index in [0.717, 1.165) is 18.5 Å². The van der Waals surface area contributed by atoms with Crippen LogP contribution in [0.5, 0.6) is 0 Å². The highest BCUT2D eigenvalue weighted by Crippen LogP contribution is 2.26. The molecule has 1 heterocycles. The molecule has 110 valence electrons. The van der Waals surface area contributed by atoms with Crippen molar-refractivity contribution in [3.63, 3.8) is 0 Å². The molecule has 1 saturated carbocycles. The van der Waals surface area contributed by atoms with E-state index in [1.807, 2.05) is 24.3 Å². The first kappa shape index (κ1) is 14.0. The van der Waals surface area contributed by atoms with Gasteiger partial charge in [-0.05, 0) is 37.1 Å². The molecule has 0 spiro atoms. The lowest BCUT2D eigenvalue weighted by Crippen LogP contribution is -2.26. The fourth-order valence-corrected chi connectivity index (χ4v) is 3.51. The highest BCUT2D eigenvalue weighted by molar-refractivity contribution is 7.89. The Morgan fingerprint density at radius 2 is 1.86 bits per heavy atom. The standard InChI is InChI=1S/C15H17N3O2S/c19-21(20,18-12-8-9-12)15-7-2-1-6-14(15)17-11-13-5-3-4-10-16-13/h1-7,10,12,17-18H,8-9,11H2. The smallest absolute Gasteiger partial charge is 0.242 e. The van der Waals surface area contributed by atoms with Crippen LogP contribution < -0.4 is 10.0 Å². The summed E-state index contributed by atoms with van der Waals surface area (Å²) in [6.45, 7) is 0.483. The topological polar surface area (TPSA) is 71.1 Å². The summed E-state index contributed by atoms with van der Waals surface area (Å²) >= 11 is 0. The third-order valence-corrected chi connectivity index (χ3v) is 4.84. The lowest BCUT2D eigenvalue weighted by atomic mass is 10.3. The molecule has 1 aliphatic rings. The van der Waals surface area contributed by atoms with Crippen LogP contribution in [0.3, 0.4) is 0 Å². The average Bonchev–Trinajstić information content (AvgIpc) is 3.30. The molecule has 0 atom stereocenters. The summed E-state index contributed by atoms with van der Waals surface area (Å²) in [6, 6.07) is 12.7. The normalized spacial score (nSPS) is 14.9. The molecule has 0 aliphatic heterocycles. The number of benzene rings is 1. The molecular formula is C15H17N3O2S. The Balaban J connectivity index is 1.79. The van der Waals surface area contributed by atoms with E-state index in [2.05, 4.69) is 15.0 Å². The Hall–Kier alpha value is -1.92. The predicted molar refractivity (Wildman–Crippen MR) is 81.3 cm³/mol. The van der Waals surface area contributed by atoms with Gasteiger partial charge in [-0.2, -0.15) is 0 Å². The molecule has 1 aliphatic carbocycles. The van der Waals surface area contributed by atoms with E-state index in [-0.39, 0.29) is 10.9 Å². The van der Waals surface area contributed by atoms with Gasteiger partial charge in [0.25, 0.3) is 0 Å². The lowest BCUT2D eigenvalue weighted by molar-refractivity contribution is 0.581. The van der Waals surface area contributed by atoms with Crippen molar-refractivity contribution < 1.29 is 8.42 Å². The molecule has 3 rings (SSSR count). The van der Waals surface area contributed by atoms with Crippen LogP contribution in [0.25, 0.3) is 0 Å². The Bertz CT molecular complexity index is 713. The van der Waals surface area contributed by atoms with E-state index >= 15 is 0 Å². The number of nitrogens with one attached hydrogen (secondary N) is 2. The second kappa shape index (κ2) is 5.83. The molecule has 6 heteroatoms. The van der Waals surface area contributed by atoms with Crippen LogP contribution in [-0.4, -0.2) is 19.4 Å². The minimum atomic E-state index is -3.46. The summed E-state index contributed by atoms with van der Waals surface area (Å²) in [7, 11) is -3.46. The Morgan fingerprint density at radius 3 is 2.57 bits per heavy atom. The van der Waals surface area contributed by atoms with Gasteiger partial charge in [0, 0.05) is 12.2 Å². The third kappa shape index (κ3) is 3.59. The first-order valence-electron chi connectivity index (χ1n) is 6.90. The summed E-state index contributed by atoms with van der Waals surface area (Å²) in [5.41, 5.74) is 1.45. The van der Waals surface area contributed by atoms with E-state index in [4.69, 9.17) is 0 Å². The van der Waals surface area contributed by atoms with Crippen LogP contribution in [0.1, 0.15) is 18.5 Å². The monoisotopic (exact) mass is 303 g/mol. The molecule has 0 bridgehead atoms. The van der Waals surface area contributed by atoms with Crippen LogP contribution in [0.15, 0.2) is 53.6 Å². The van der Waals surface area contributed by atoms with Gasteiger partial charge in [0.15, 0.2) is 0 Å². The highest BCUT2D eigenvalue weighted by atomic mass is 32.2. The van der Waals surface area contributed by atoms with Crippen LogP contribution >= 0.6 is 0 Å². The second-order valence-electron chi connectivity index (χ2n) is 5.07. The van der Waals surface area contributed by atoms with Crippen LogP contribution in [0, 0.1) is 0 Å². The molecule has 21 heavy (non-hydrogen) atoms. The third-order valence-electron chi connectivity index (χ3n) is 3.26. The number of pyridine rings is 1. The largest absolute Gasteiger partial charge is 0.378 e. The van der Waals surface area contributed by atoms with Gasteiger partial charge in [0.1, 0.15) is 4.90 Å². The van der Waals surface area contributed by atoms with Crippen LogP contribution in [-0.2, 0) is 16.6 Å². The molecule has 1 aromatic heterocycles. The quantitative estimate of drug-likeness (QED) is 0.857. The van der Waals surface area contributed by atoms with Gasteiger partial charge in [-0.1, -0.05) is 18.2 Å². The van der Waals surface area contributed by atoms with Gasteiger partial charge in [-0.25, -0.2) is 13.1 Å². The minimum absolute atomic E-state index is 0.0962. The van der Waals surface area contributed by atoms with E-state index in [9.17, 15) is 8.42 Å². The molecule has 2 aromatic rings. The zero-order valence-electron chi connectivity index (χ0n) is 11.5. The summed E-state index contributed by atoms with van der Waals surface area (Å²) in [6.07, 6.45) is 3.56. The van der Waals surface area contributed by atoms with Crippen molar-refractivity contribution in [1.29, 1.82) is 0 Å². The van der Waals surface area contributed by atoms with E-state index in [1.165, 1.54) is 0 Å². The molecule has 1 aromatic carbocycles. The number of nitrogens with zero attached hydrogens (tertiary/aromatic N) is 1. The van der Waals surface area contributed by atoms with Gasteiger partial charge in [0.05, 0.1) is 17.9 Å². The first-order chi connectivity index (χ1) is 10.1. The van der Waals surface area contributed by atoms with Crippen LogP contribution in [0.2, 0.25) is 0 Å². The average molecular weight is 303 g/mol. The zero-order valence-corrected chi connectivity index (χ0v) is 12.3. The summed E-state index contributed by atoms with van der Waals surface area (Å²) in [5, 5.41) is 3.15. The van der Waals surface area contributed by atoms with Crippen LogP contribution in [0.4, 0.5) is 5.69 Å². The second-order valence-corrected chi connectivity index (χ2v) is 6.75. The summed E-state index contributed by atoms with van der Waals surface area (Å²) in [5.74, 6) is 0. The number of aromatic nitrogens is 1. The van der Waals surface area contributed by atoms with Gasteiger partial charge < -0.3 is 5.32 Å². The van der Waals surface area contributed by atoms with E-state index in [1.54, 1.807) is 24.4 Å².